The summed E-state index contributed by atoms with van der Waals surface area (Å²) in [5.74, 6) is -0.875. The Morgan fingerprint density at radius 2 is 1.80 bits per heavy atom. The van der Waals surface area contributed by atoms with Gasteiger partial charge in [-0.05, 0) is 26.3 Å². The minimum atomic E-state index is -0.822. The molecule has 1 N–H and O–H groups in total. The smallest absolute Gasteiger partial charge is 0.333 e. The Hall–Kier alpha value is -1.88. The van der Waals surface area contributed by atoms with Gasteiger partial charge in [0.2, 0.25) is 5.91 Å². The first-order valence-electron chi connectivity index (χ1n) is 6.39. The van der Waals surface area contributed by atoms with Gasteiger partial charge in [0.25, 0.3) is 0 Å². The van der Waals surface area contributed by atoms with Crippen molar-refractivity contribution < 1.29 is 19.1 Å². The lowest BCUT2D eigenvalue weighted by atomic mass is 10.1. The van der Waals surface area contributed by atoms with Crippen LogP contribution < -0.4 is 5.32 Å². The van der Waals surface area contributed by atoms with Crippen molar-refractivity contribution in [1.82, 2.24) is 5.32 Å². The van der Waals surface area contributed by atoms with Crippen molar-refractivity contribution in [3.05, 3.63) is 35.9 Å². The highest BCUT2D eigenvalue weighted by Crippen LogP contribution is 2.14. The Labute approximate surface area is 119 Å². The Bertz CT molecular complexity index is 451. The van der Waals surface area contributed by atoms with Crippen molar-refractivity contribution in [3.63, 3.8) is 0 Å². The van der Waals surface area contributed by atoms with E-state index in [-0.39, 0.29) is 12.5 Å². The SMILES string of the molecule is COC(=O)C(NC(=O)COC(C)(C)C)c1ccccc1. The van der Waals surface area contributed by atoms with E-state index >= 15 is 0 Å². The van der Waals surface area contributed by atoms with E-state index in [9.17, 15) is 9.59 Å². The molecule has 0 aliphatic heterocycles. The molecule has 0 heterocycles. The Morgan fingerprint density at radius 1 is 1.20 bits per heavy atom. The zero-order chi connectivity index (χ0) is 15.2. The quantitative estimate of drug-likeness (QED) is 0.835. The van der Waals surface area contributed by atoms with Gasteiger partial charge >= 0.3 is 5.97 Å². The molecule has 0 aliphatic rings. The van der Waals surface area contributed by atoms with Gasteiger partial charge in [0.1, 0.15) is 6.61 Å². The fourth-order valence-electron chi connectivity index (χ4n) is 1.53. The van der Waals surface area contributed by atoms with Crippen LogP contribution in [0, 0.1) is 0 Å². The number of carbonyl (C=O) groups excluding carboxylic acids is 2. The first-order chi connectivity index (χ1) is 9.33. The van der Waals surface area contributed by atoms with Crippen LogP contribution in [0.25, 0.3) is 0 Å². The largest absolute Gasteiger partial charge is 0.467 e. The van der Waals surface area contributed by atoms with E-state index in [0.29, 0.717) is 5.56 Å². The van der Waals surface area contributed by atoms with Gasteiger partial charge < -0.3 is 14.8 Å². The standard InChI is InChI=1S/C15H21NO4/c1-15(2,3)20-10-12(17)16-13(14(18)19-4)11-8-6-5-7-9-11/h5-9,13H,10H2,1-4H3,(H,16,17). The number of amides is 1. The summed E-state index contributed by atoms with van der Waals surface area (Å²) in [6.07, 6.45) is 0. The number of ether oxygens (including phenoxy) is 2. The van der Waals surface area contributed by atoms with E-state index in [4.69, 9.17) is 9.47 Å². The predicted octanol–water partition coefficient (Wildman–Crippen LogP) is 1.83. The fourth-order valence-corrected chi connectivity index (χ4v) is 1.53. The molecule has 1 rings (SSSR count). The Kier molecular flexibility index (Phi) is 5.70. The minimum Gasteiger partial charge on any atom is -0.467 e. The molecule has 20 heavy (non-hydrogen) atoms. The van der Waals surface area contributed by atoms with Crippen LogP contribution in [-0.4, -0.2) is 31.2 Å². The second kappa shape index (κ2) is 7.05. The van der Waals surface area contributed by atoms with E-state index in [2.05, 4.69) is 5.32 Å². The molecular formula is C15H21NO4. The van der Waals surface area contributed by atoms with Crippen molar-refractivity contribution in [3.8, 4) is 0 Å². The van der Waals surface area contributed by atoms with Gasteiger partial charge in [0.15, 0.2) is 6.04 Å². The van der Waals surface area contributed by atoms with Crippen LogP contribution in [0.5, 0.6) is 0 Å². The molecule has 0 fully saturated rings. The zero-order valence-corrected chi connectivity index (χ0v) is 12.3. The highest BCUT2D eigenvalue weighted by molar-refractivity contribution is 5.86. The number of nitrogens with one attached hydrogen (secondary N) is 1. The number of hydrogen-bond donors (Lipinski definition) is 1. The Morgan fingerprint density at radius 3 is 2.30 bits per heavy atom. The third-order valence-corrected chi connectivity index (χ3v) is 2.51. The molecule has 0 saturated carbocycles. The average Bonchev–Trinajstić information content (AvgIpc) is 2.42. The highest BCUT2D eigenvalue weighted by Gasteiger charge is 2.24. The maximum atomic E-state index is 11.8. The van der Waals surface area contributed by atoms with Gasteiger partial charge in [0.05, 0.1) is 12.7 Å². The summed E-state index contributed by atoms with van der Waals surface area (Å²) in [5.41, 5.74) is 0.258. The van der Waals surface area contributed by atoms with Crippen molar-refractivity contribution in [2.75, 3.05) is 13.7 Å². The lowest BCUT2D eigenvalue weighted by Crippen LogP contribution is -2.38. The number of esters is 1. The Balaban J connectivity index is 2.72. The summed E-state index contributed by atoms with van der Waals surface area (Å²) in [6, 6.07) is 8.12. The summed E-state index contributed by atoms with van der Waals surface area (Å²) in [5, 5.41) is 2.62. The summed E-state index contributed by atoms with van der Waals surface area (Å²) in [7, 11) is 1.29. The zero-order valence-electron chi connectivity index (χ0n) is 12.3. The molecule has 1 aromatic carbocycles. The van der Waals surface area contributed by atoms with Crippen LogP contribution in [0.4, 0.5) is 0 Å². The van der Waals surface area contributed by atoms with Gasteiger partial charge in [-0.3, -0.25) is 4.79 Å². The van der Waals surface area contributed by atoms with Crippen molar-refractivity contribution >= 4 is 11.9 Å². The van der Waals surface area contributed by atoms with E-state index in [1.165, 1.54) is 7.11 Å². The highest BCUT2D eigenvalue weighted by atomic mass is 16.5. The molecule has 0 saturated heterocycles. The van der Waals surface area contributed by atoms with Crippen molar-refractivity contribution in [2.45, 2.75) is 32.4 Å². The van der Waals surface area contributed by atoms with E-state index in [0.717, 1.165) is 0 Å². The normalized spacial score (nSPS) is 12.6. The number of rotatable bonds is 5. The number of carbonyl (C=O) groups is 2. The molecule has 110 valence electrons. The molecule has 5 heteroatoms. The van der Waals surface area contributed by atoms with Crippen LogP contribution in [-0.2, 0) is 19.1 Å². The molecule has 0 aromatic heterocycles. The van der Waals surface area contributed by atoms with Gasteiger partial charge in [-0.25, -0.2) is 4.79 Å². The van der Waals surface area contributed by atoms with E-state index in [1.54, 1.807) is 24.3 Å². The molecule has 0 bridgehead atoms. The first-order valence-corrected chi connectivity index (χ1v) is 6.39. The van der Waals surface area contributed by atoms with Gasteiger partial charge in [-0.2, -0.15) is 0 Å². The van der Waals surface area contributed by atoms with Gasteiger partial charge in [0, 0.05) is 0 Å². The maximum Gasteiger partial charge on any atom is 0.333 e. The summed E-state index contributed by atoms with van der Waals surface area (Å²) in [6.45, 7) is 5.46. The summed E-state index contributed by atoms with van der Waals surface area (Å²) < 4.78 is 10.1. The minimum absolute atomic E-state index is 0.107. The molecule has 0 spiro atoms. The van der Waals surface area contributed by atoms with Crippen LogP contribution >= 0.6 is 0 Å². The fraction of sp³-hybridized carbons (Fsp3) is 0.467. The lowest BCUT2D eigenvalue weighted by Gasteiger charge is -2.21. The van der Waals surface area contributed by atoms with E-state index < -0.39 is 17.6 Å². The van der Waals surface area contributed by atoms with Crippen LogP contribution in [0.15, 0.2) is 30.3 Å². The third kappa shape index (κ3) is 5.40. The van der Waals surface area contributed by atoms with Gasteiger partial charge in [-0.1, -0.05) is 30.3 Å². The molecule has 0 radical (unpaired) electrons. The summed E-state index contributed by atoms with van der Waals surface area (Å²) in [4.78, 5) is 23.6. The van der Waals surface area contributed by atoms with Crippen molar-refractivity contribution in [1.29, 1.82) is 0 Å². The second-order valence-electron chi connectivity index (χ2n) is 5.34. The monoisotopic (exact) mass is 279 g/mol. The molecule has 1 unspecified atom stereocenters. The molecular weight excluding hydrogens is 258 g/mol. The maximum absolute atomic E-state index is 11.8. The average molecular weight is 279 g/mol. The van der Waals surface area contributed by atoms with Crippen LogP contribution in [0.3, 0.4) is 0 Å². The van der Waals surface area contributed by atoms with Crippen LogP contribution in [0.1, 0.15) is 32.4 Å². The molecule has 1 aromatic rings. The van der Waals surface area contributed by atoms with Gasteiger partial charge in [-0.15, -0.1) is 0 Å². The number of hydrogen-bond acceptors (Lipinski definition) is 4. The number of benzene rings is 1. The second-order valence-corrected chi connectivity index (χ2v) is 5.34. The van der Waals surface area contributed by atoms with Crippen LogP contribution in [0.2, 0.25) is 0 Å². The molecule has 1 amide bonds. The van der Waals surface area contributed by atoms with Crippen molar-refractivity contribution in [2.24, 2.45) is 0 Å². The first kappa shape index (κ1) is 16.2. The topological polar surface area (TPSA) is 64.6 Å². The molecule has 1 atom stereocenters. The predicted molar refractivity (Wildman–Crippen MR) is 75.0 cm³/mol. The number of methoxy groups -OCH3 is 1. The third-order valence-electron chi connectivity index (χ3n) is 2.51. The van der Waals surface area contributed by atoms with E-state index in [1.807, 2.05) is 26.8 Å². The lowest BCUT2D eigenvalue weighted by molar-refractivity contribution is -0.146. The molecule has 5 nitrogen and oxygen atoms in total. The summed E-state index contributed by atoms with van der Waals surface area (Å²) >= 11 is 0. The molecule has 0 aliphatic carbocycles.